The largest absolute Gasteiger partial charge is 0.479 e. The SMILES string of the molecule is COC(=O)[C@@H](O)[C@H](OCc1ccccc1)C(=O)O. The Bertz CT molecular complexity index is 402. The van der Waals surface area contributed by atoms with Gasteiger partial charge in [0.2, 0.25) is 0 Å². The van der Waals surface area contributed by atoms with E-state index in [1.165, 1.54) is 0 Å². The summed E-state index contributed by atoms with van der Waals surface area (Å²) >= 11 is 0. The lowest BCUT2D eigenvalue weighted by Crippen LogP contribution is -2.42. The highest BCUT2D eigenvalue weighted by Gasteiger charge is 2.33. The molecule has 2 N–H and O–H groups in total. The van der Waals surface area contributed by atoms with E-state index in [2.05, 4.69) is 4.74 Å². The molecule has 0 saturated heterocycles. The van der Waals surface area contributed by atoms with E-state index in [1.54, 1.807) is 24.3 Å². The third-order valence-corrected chi connectivity index (χ3v) is 2.25. The Kier molecular flexibility index (Phi) is 5.29. The maximum Gasteiger partial charge on any atom is 0.338 e. The van der Waals surface area contributed by atoms with Crippen molar-refractivity contribution in [2.75, 3.05) is 7.11 Å². The molecule has 6 heteroatoms. The summed E-state index contributed by atoms with van der Waals surface area (Å²) in [6.45, 7) is -0.0220. The molecule has 0 bridgehead atoms. The molecule has 6 nitrogen and oxygen atoms in total. The molecule has 0 unspecified atom stereocenters. The molecule has 98 valence electrons. The number of hydrogen-bond donors (Lipinski definition) is 2. The molecule has 0 radical (unpaired) electrons. The van der Waals surface area contributed by atoms with Crippen LogP contribution in [-0.2, 0) is 25.7 Å². The van der Waals surface area contributed by atoms with Crippen LogP contribution in [0.2, 0.25) is 0 Å². The van der Waals surface area contributed by atoms with E-state index in [9.17, 15) is 14.7 Å². The molecule has 0 aromatic heterocycles. The lowest BCUT2D eigenvalue weighted by Gasteiger charge is -2.17. The molecule has 0 fully saturated rings. The van der Waals surface area contributed by atoms with E-state index >= 15 is 0 Å². The molecule has 1 aromatic rings. The van der Waals surface area contributed by atoms with Crippen molar-refractivity contribution >= 4 is 11.9 Å². The smallest absolute Gasteiger partial charge is 0.338 e. The number of carboxylic acids is 1. The second-order valence-electron chi connectivity index (χ2n) is 3.52. The van der Waals surface area contributed by atoms with Crippen molar-refractivity contribution in [1.29, 1.82) is 0 Å². The molecule has 2 atom stereocenters. The first-order valence-electron chi connectivity index (χ1n) is 5.20. The van der Waals surface area contributed by atoms with Crippen molar-refractivity contribution in [2.45, 2.75) is 18.8 Å². The van der Waals surface area contributed by atoms with Gasteiger partial charge in [-0.05, 0) is 5.56 Å². The first-order chi connectivity index (χ1) is 8.56. The highest BCUT2D eigenvalue weighted by Crippen LogP contribution is 2.08. The van der Waals surface area contributed by atoms with E-state index in [-0.39, 0.29) is 6.61 Å². The van der Waals surface area contributed by atoms with Gasteiger partial charge >= 0.3 is 11.9 Å². The molecule has 1 aromatic carbocycles. The zero-order chi connectivity index (χ0) is 13.5. The van der Waals surface area contributed by atoms with Gasteiger partial charge in [-0.15, -0.1) is 0 Å². The highest BCUT2D eigenvalue weighted by atomic mass is 16.6. The minimum absolute atomic E-state index is 0.0220. The fourth-order valence-electron chi connectivity index (χ4n) is 1.30. The third-order valence-electron chi connectivity index (χ3n) is 2.25. The van der Waals surface area contributed by atoms with Gasteiger partial charge in [0.1, 0.15) is 0 Å². The summed E-state index contributed by atoms with van der Waals surface area (Å²) in [4.78, 5) is 21.9. The van der Waals surface area contributed by atoms with Crippen LogP contribution in [0.4, 0.5) is 0 Å². The van der Waals surface area contributed by atoms with Gasteiger partial charge in [0.25, 0.3) is 0 Å². The molecular weight excluding hydrogens is 240 g/mol. The summed E-state index contributed by atoms with van der Waals surface area (Å²) in [6, 6.07) is 8.82. The molecule has 0 spiro atoms. The first-order valence-corrected chi connectivity index (χ1v) is 5.20. The van der Waals surface area contributed by atoms with Gasteiger partial charge < -0.3 is 19.7 Å². The van der Waals surface area contributed by atoms with Gasteiger partial charge in [-0.3, -0.25) is 0 Å². The van der Waals surface area contributed by atoms with Gasteiger partial charge in [0.15, 0.2) is 12.2 Å². The second kappa shape index (κ2) is 6.73. The number of carbonyl (C=O) groups is 2. The van der Waals surface area contributed by atoms with Crippen LogP contribution >= 0.6 is 0 Å². The minimum Gasteiger partial charge on any atom is -0.479 e. The quantitative estimate of drug-likeness (QED) is 0.704. The number of aliphatic hydroxyl groups excluding tert-OH is 1. The van der Waals surface area contributed by atoms with Crippen molar-refractivity contribution < 1.29 is 29.3 Å². The van der Waals surface area contributed by atoms with Gasteiger partial charge in [-0.1, -0.05) is 30.3 Å². The molecule has 0 heterocycles. The number of benzene rings is 1. The highest BCUT2D eigenvalue weighted by molar-refractivity contribution is 5.84. The standard InChI is InChI=1S/C12H14O6/c1-17-12(16)9(13)10(11(14)15)18-7-8-5-3-2-4-6-8/h2-6,9-10,13H,7H2,1H3,(H,14,15)/t9-,10-/m0/s1. The summed E-state index contributed by atoms with van der Waals surface area (Å²) in [6.07, 6.45) is -3.51. The molecule has 1 rings (SSSR count). The Balaban J connectivity index is 2.64. The number of carboxylic acid groups (broad SMARTS) is 1. The number of carbonyl (C=O) groups excluding carboxylic acids is 1. The van der Waals surface area contributed by atoms with Crippen molar-refractivity contribution in [1.82, 2.24) is 0 Å². The lowest BCUT2D eigenvalue weighted by atomic mass is 10.2. The maximum atomic E-state index is 11.1. The van der Waals surface area contributed by atoms with Crippen LogP contribution in [0.25, 0.3) is 0 Å². The van der Waals surface area contributed by atoms with Crippen LogP contribution < -0.4 is 0 Å². The Morgan fingerprint density at radius 1 is 1.28 bits per heavy atom. The van der Waals surface area contributed by atoms with E-state index in [0.29, 0.717) is 0 Å². The van der Waals surface area contributed by atoms with Crippen LogP contribution in [0, 0.1) is 0 Å². The van der Waals surface area contributed by atoms with E-state index < -0.39 is 24.1 Å². The molecular formula is C12H14O6. The lowest BCUT2D eigenvalue weighted by molar-refractivity contribution is -0.174. The van der Waals surface area contributed by atoms with Crippen LogP contribution in [0.3, 0.4) is 0 Å². The molecule has 0 aliphatic carbocycles. The topological polar surface area (TPSA) is 93.1 Å². The second-order valence-corrected chi connectivity index (χ2v) is 3.52. The Labute approximate surface area is 104 Å². The maximum absolute atomic E-state index is 11.1. The number of rotatable bonds is 6. The fraction of sp³-hybridized carbons (Fsp3) is 0.333. The number of ether oxygens (including phenoxy) is 2. The predicted octanol–water partition coefficient (Wildman–Crippen LogP) is 0.190. The summed E-state index contributed by atoms with van der Waals surface area (Å²) in [5, 5.41) is 18.3. The monoisotopic (exact) mass is 254 g/mol. The molecule has 18 heavy (non-hydrogen) atoms. The first kappa shape index (κ1) is 14.1. The Morgan fingerprint density at radius 2 is 1.89 bits per heavy atom. The average Bonchev–Trinajstić information content (AvgIpc) is 2.38. The van der Waals surface area contributed by atoms with Gasteiger partial charge in [0.05, 0.1) is 13.7 Å². The van der Waals surface area contributed by atoms with Crippen LogP contribution in [0.5, 0.6) is 0 Å². The number of methoxy groups -OCH3 is 1. The van der Waals surface area contributed by atoms with Crippen LogP contribution in [0.1, 0.15) is 5.56 Å². The zero-order valence-corrected chi connectivity index (χ0v) is 9.78. The van der Waals surface area contributed by atoms with Crippen molar-refractivity contribution in [3.8, 4) is 0 Å². The summed E-state index contributed by atoms with van der Waals surface area (Å²) in [7, 11) is 1.06. The van der Waals surface area contributed by atoms with Gasteiger partial charge in [-0.2, -0.15) is 0 Å². The van der Waals surface area contributed by atoms with Crippen LogP contribution in [-0.4, -0.2) is 41.5 Å². The average molecular weight is 254 g/mol. The summed E-state index contributed by atoms with van der Waals surface area (Å²) in [5.41, 5.74) is 0.737. The number of hydrogen-bond acceptors (Lipinski definition) is 5. The van der Waals surface area contributed by atoms with Gasteiger partial charge in [-0.25, -0.2) is 9.59 Å². The minimum atomic E-state index is -1.85. The Morgan fingerprint density at radius 3 is 2.39 bits per heavy atom. The number of aliphatic carboxylic acids is 1. The Hall–Kier alpha value is -1.92. The normalized spacial score (nSPS) is 13.7. The number of esters is 1. The van der Waals surface area contributed by atoms with Crippen molar-refractivity contribution in [2.24, 2.45) is 0 Å². The van der Waals surface area contributed by atoms with E-state index in [0.717, 1.165) is 12.7 Å². The van der Waals surface area contributed by atoms with Gasteiger partial charge in [0, 0.05) is 0 Å². The van der Waals surface area contributed by atoms with Crippen molar-refractivity contribution in [3.63, 3.8) is 0 Å². The van der Waals surface area contributed by atoms with Crippen molar-refractivity contribution in [3.05, 3.63) is 35.9 Å². The van der Waals surface area contributed by atoms with E-state index in [4.69, 9.17) is 9.84 Å². The third kappa shape index (κ3) is 3.83. The predicted molar refractivity (Wildman–Crippen MR) is 60.7 cm³/mol. The van der Waals surface area contributed by atoms with Crippen LogP contribution in [0.15, 0.2) is 30.3 Å². The number of aliphatic hydroxyl groups is 1. The zero-order valence-electron chi connectivity index (χ0n) is 9.78. The molecule has 0 amide bonds. The molecule has 0 aliphatic heterocycles. The fourth-order valence-corrected chi connectivity index (χ4v) is 1.30. The molecule has 0 saturated carbocycles. The summed E-state index contributed by atoms with van der Waals surface area (Å²) < 4.78 is 9.29. The summed E-state index contributed by atoms with van der Waals surface area (Å²) in [5.74, 6) is -2.47. The van der Waals surface area contributed by atoms with E-state index in [1.807, 2.05) is 6.07 Å². The molecule has 0 aliphatic rings.